The molecule has 1 heterocycles. The summed E-state index contributed by atoms with van der Waals surface area (Å²) in [4.78, 5) is 17.3. The molecule has 0 fully saturated rings. The smallest absolute Gasteiger partial charge is 0.305 e. The Bertz CT molecular complexity index is 382. The van der Waals surface area contributed by atoms with Gasteiger partial charge < -0.3 is 14.4 Å². The van der Waals surface area contributed by atoms with Gasteiger partial charge in [-0.25, -0.2) is 4.98 Å². The highest BCUT2D eigenvalue weighted by Crippen LogP contribution is 2.15. The molecule has 18 heavy (non-hydrogen) atoms. The molecule has 0 bridgehead atoms. The number of pyridine rings is 1. The summed E-state index contributed by atoms with van der Waals surface area (Å²) < 4.78 is 9.79. The molecule has 5 nitrogen and oxygen atoms in total. The normalized spacial score (nSPS) is 10.4. The van der Waals surface area contributed by atoms with Crippen LogP contribution in [-0.2, 0) is 16.1 Å². The maximum Gasteiger partial charge on any atom is 0.305 e. The molecule has 0 amide bonds. The molecular formula is C13H20N2O3. The number of aromatic nitrogens is 1. The van der Waals surface area contributed by atoms with Crippen LogP contribution in [0.15, 0.2) is 18.3 Å². The number of hydrogen-bond acceptors (Lipinski definition) is 5. The maximum atomic E-state index is 11.0. The van der Waals surface area contributed by atoms with Crippen LogP contribution in [0.1, 0.15) is 18.4 Å². The van der Waals surface area contributed by atoms with E-state index in [1.165, 1.54) is 7.11 Å². The fourth-order valence-electron chi connectivity index (χ4n) is 1.69. The average molecular weight is 252 g/mol. The van der Waals surface area contributed by atoms with E-state index in [4.69, 9.17) is 4.74 Å². The monoisotopic (exact) mass is 252 g/mol. The molecule has 1 aromatic rings. The van der Waals surface area contributed by atoms with Crippen molar-refractivity contribution in [1.29, 1.82) is 0 Å². The Hall–Kier alpha value is -1.62. The fraction of sp³-hybridized carbons (Fsp3) is 0.538. The predicted molar refractivity (Wildman–Crippen MR) is 68.4 cm³/mol. The van der Waals surface area contributed by atoms with Crippen LogP contribution in [0.5, 0.6) is 5.88 Å². The van der Waals surface area contributed by atoms with Gasteiger partial charge in [0.1, 0.15) is 0 Å². The molecule has 1 rings (SSSR count). The fourth-order valence-corrected chi connectivity index (χ4v) is 1.69. The lowest BCUT2D eigenvalue weighted by Gasteiger charge is -2.17. The van der Waals surface area contributed by atoms with Crippen molar-refractivity contribution < 1.29 is 14.3 Å². The van der Waals surface area contributed by atoms with Gasteiger partial charge in [-0.1, -0.05) is 6.07 Å². The first kappa shape index (κ1) is 14.4. The van der Waals surface area contributed by atoms with Crippen LogP contribution in [0, 0.1) is 0 Å². The van der Waals surface area contributed by atoms with Crippen LogP contribution in [0.25, 0.3) is 0 Å². The van der Waals surface area contributed by atoms with Crippen molar-refractivity contribution in [2.45, 2.75) is 19.4 Å². The number of methoxy groups -OCH3 is 2. The van der Waals surface area contributed by atoms with Crippen molar-refractivity contribution in [2.24, 2.45) is 0 Å². The molecule has 0 aliphatic carbocycles. The molecule has 0 saturated heterocycles. The van der Waals surface area contributed by atoms with Crippen molar-refractivity contribution in [2.75, 3.05) is 27.8 Å². The van der Waals surface area contributed by atoms with E-state index in [0.29, 0.717) is 12.3 Å². The summed E-state index contributed by atoms with van der Waals surface area (Å²) in [7, 11) is 5.03. The quantitative estimate of drug-likeness (QED) is 0.688. The molecule has 0 unspecified atom stereocenters. The summed E-state index contributed by atoms with van der Waals surface area (Å²) in [6, 6.07) is 3.88. The molecule has 0 spiro atoms. The van der Waals surface area contributed by atoms with E-state index in [9.17, 15) is 4.79 Å². The molecule has 100 valence electrons. The van der Waals surface area contributed by atoms with Gasteiger partial charge in [-0.05, 0) is 26.1 Å². The van der Waals surface area contributed by atoms with Gasteiger partial charge >= 0.3 is 5.97 Å². The van der Waals surface area contributed by atoms with Crippen molar-refractivity contribution in [3.8, 4) is 5.88 Å². The third-order valence-electron chi connectivity index (χ3n) is 2.63. The molecule has 0 aliphatic heterocycles. The van der Waals surface area contributed by atoms with Crippen LogP contribution in [0.4, 0.5) is 0 Å². The Morgan fingerprint density at radius 2 is 2.22 bits per heavy atom. The molecule has 0 saturated carbocycles. The van der Waals surface area contributed by atoms with E-state index in [2.05, 4.69) is 14.6 Å². The van der Waals surface area contributed by atoms with Gasteiger partial charge in [0.05, 0.1) is 14.2 Å². The maximum absolute atomic E-state index is 11.0. The van der Waals surface area contributed by atoms with Crippen molar-refractivity contribution in [1.82, 2.24) is 9.88 Å². The Balaban J connectivity index is 2.39. The van der Waals surface area contributed by atoms with Crippen LogP contribution in [0.3, 0.4) is 0 Å². The van der Waals surface area contributed by atoms with E-state index in [-0.39, 0.29) is 5.97 Å². The number of carbonyl (C=O) groups is 1. The zero-order valence-electron chi connectivity index (χ0n) is 11.2. The molecule has 0 atom stereocenters. The first-order valence-electron chi connectivity index (χ1n) is 5.90. The highest BCUT2D eigenvalue weighted by Gasteiger charge is 2.07. The molecule has 1 aromatic heterocycles. The summed E-state index contributed by atoms with van der Waals surface area (Å²) >= 11 is 0. The number of carbonyl (C=O) groups excluding carboxylic acids is 1. The Kier molecular flexibility index (Phi) is 6.14. The third kappa shape index (κ3) is 4.71. The van der Waals surface area contributed by atoms with Gasteiger partial charge in [-0.2, -0.15) is 0 Å². The van der Waals surface area contributed by atoms with E-state index < -0.39 is 0 Å². The first-order chi connectivity index (χ1) is 8.67. The Labute approximate surface area is 108 Å². The third-order valence-corrected chi connectivity index (χ3v) is 2.63. The first-order valence-corrected chi connectivity index (χ1v) is 5.90. The zero-order chi connectivity index (χ0) is 13.4. The second kappa shape index (κ2) is 7.66. The Morgan fingerprint density at radius 1 is 1.44 bits per heavy atom. The van der Waals surface area contributed by atoms with Crippen LogP contribution in [-0.4, -0.2) is 43.7 Å². The largest absolute Gasteiger partial charge is 0.481 e. The summed E-state index contributed by atoms with van der Waals surface area (Å²) in [5, 5.41) is 0. The molecule has 0 aliphatic rings. The summed E-state index contributed by atoms with van der Waals surface area (Å²) in [5.41, 5.74) is 1.04. The van der Waals surface area contributed by atoms with Gasteiger partial charge in [0.15, 0.2) is 0 Å². The van der Waals surface area contributed by atoms with Crippen LogP contribution >= 0.6 is 0 Å². The van der Waals surface area contributed by atoms with Crippen molar-refractivity contribution >= 4 is 5.97 Å². The summed E-state index contributed by atoms with van der Waals surface area (Å²) in [5.74, 6) is 0.486. The second-order valence-electron chi connectivity index (χ2n) is 4.09. The number of esters is 1. The molecule has 0 aromatic carbocycles. The van der Waals surface area contributed by atoms with Crippen molar-refractivity contribution in [3.63, 3.8) is 0 Å². The topological polar surface area (TPSA) is 51.7 Å². The van der Waals surface area contributed by atoms with Gasteiger partial charge in [0, 0.05) is 24.7 Å². The predicted octanol–water partition coefficient (Wildman–Crippen LogP) is 1.48. The SMILES string of the molecule is COC(=O)CCCN(C)Cc1cccnc1OC. The summed E-state index contributed by atoms with van der Waals surface area (Å²) in [6.45, 7) is 1.57. The minimum atomic E-state index is -0.164. The summed E-state index contributed by atoms with van der Waals surface area (Å²) in [6.07, 6.45) is 2.94. The second-order valence-corrected chi connectivity index (χ2v) is 4.09. The standard InChI is InChI=1S/C13H20N2O3/c1-15(9-5-7-12(16)17-2)10-11-6-4-8-14-13(11)18-3/h4,6,8H,5,7,9-10H2,1-3H3. The lowest BCUT2D eigenvalue weighted by Crippen LogP contribution is -2.20. The van der Waals surface area contributed by atoms with Gasteiger partial charge in [-0.15, -0.1) is 0 Å². The lowest BCUT2D eigenvalue weighted by atomic mass is 10.2. The van der Waals surface area contributed by atoms with Gasteiger partial charge in [0.25, 0.3) is 0 Å². The minimum Gasteiger partial charge on any atom is -0.481 e. The number of hydrogen-bond donors (Lipinski definition) is 0. The average Bonchev–Trinajstić information content (AvgIpc) is 2.39. The van der Waals surface area contributed by atoms with Gasteiger partial charge in [-0.3, -0.25) is 4.79 Å². The number of ether oxygens (including phenoxy) is 2. The van der Waals surface area contributed by atoms with E-state index in [1.54, 1.807) is 13.3 Å². The van der Waals surface area contributed by atoms with E-state index in [0.717, 1.165) is 25.1 Å². The molecular weight excluding hydrogens is 232 g/mol. The van der Waals surface area contributed by atoms with Crippen LogP contribution < -0.4 is 4.74 Å². The molecule has 0 radical (unpaired) electrons. The minimum absolute atomic E-state index is 0.164. The van der Waals surface area contributed by atoms with Crippen molar-refractivity contribution in [3.05, 3.63) is 23.9 Å². The number of nitrogens with zero attached hydrogens (tertiary/aromatic N) is 2. The van der Waals surface area contributed by atoms with E-state index in [1.807, 2.05) is 19.2 Å². The highest BCUT2D eigenvalue weighted by atomic mass is 16.5. The zero-order valence-corrected chi connectivity index (χ0v) is 11.2. The number of rotatable bonds is 7. The Morgan fingerprint density at radius 3 is 2.89 bits per heavy atom. The van der Waals surface area contributed by atoms with Crippen LogP contribution in [0.2, 0.25) is 0 Å². The van der Waals surface area contributed by atoms with E-state index >= 15 is 0 Å². The van der Waals surface area contributed by atoms with Gasteiger partial charge in [0.2, 0.25) is 5.88 Å². The molecule has 0 N–H and O–H groups in total. The lowest BCUT2D eigenvalue weighted by molar-refractivity contribution is -0.140. The highest BCUT2D eigenvalue weighted by molar-refractivity contribution is 5.69. The molecule has 5 heteroatoms.